The minimum absolute atomic E-state index is 0.191. The molecule has 33 heavy (non-hydrogen) atoms. The van der Waals surface area contributed by atoms with Gasteiger partial charge in [0.1, 0.15) is 8.80 Å². The van der Waals surface area contributed by atoms with Crippen molar-refractivity contribution in [3.8, 4) is 0 Å². The molecule has 167 valence electrons. The Morgan fingerprint density at radius 3 is 1.18 bits per heavy atom. The molecule has 4 aromatic rings. The van der Waals surface area contributed by atoms with Crippen LogP contribution in [0.3, 0.4) is 0 Å². The van der Waals surface area contributed by atoms with Gasteiger partial charge in [-0.15, -0.1) is 0 Å². The Balaban J connectivity index is 1.87. The molecule has 4 rings (SSSR count). The van der Waals surface area contributed by atoms with Gasteiger partial charge in [-0.3, -0.25) is 0 Å². The lowest BCUT2D eigenvalue weighted by Gasteiger charge is -2.34. The predicted molar refractivity (Wildman–Crippen MR) is 155 cm³/mol. The second-order valence-electron chi connectivity index (χ2n) is 9.45. The van der Waals surface area contributed by atoms with Gasteiger partial charge in [0.05, 0.1) is 0 Å². The van der Waals surface area contributed by atoms with Crippen molar-refractivity contribution in [3.05, 3.63) is 109 Å². The molecule has 0 fully saturated rings. The van der Waals surface area contributed by atoms with E-state index in [-0.39, 0.29) is 5.04 Å². The van der Waals surface area contributed by atoms with Crippen LogP contribution >= 0.6 is 15.8 Å². The summed E-state index contributed by atoms with van der Waals surface area (Å²) in [7, 11) is -1.84. The lowest BCUT2D eigenvalue weighted by atomic mass is 10.2. The smallest absolute Gasteiger partial charge is 0.0623 e. The van der Waals surface area contributed by atoms with E-state index in [2.05, 4.69) is 143 Å². The molecule has 0 aliphatic heterocycles. The Morgan fingerprint density at radius 1 is 0.485 bits per heavy atom. The summed E-state index contributed by atoms with van der Waals surface area (Å²) in [5, 5.41) is 9.33. The van der Waals surface area contributed by atoms with Crippen LogP contribution in [0, 0.1) is 0 Å². The molecular formula is C30H33P2Si. The summed E-state index contributed by atoms with van der Waals surface area (Å²) >= 11 is 0. The van der Waals surface area contributed by atoms with Crippen molar-refractivity contribution in [2.24, 2.45) is 0 Å². The maximum absolute atomic E-state index is 2.44. The maximum Gasteiger partial charge on any atom is 0.128 e. The SMILES string of the molecule is CP(c1ccccc1)c1ccccc1[Si](c1ccccc1P(C)c1ccccc1)C(C)(C)C. The third-order valence-electron chi connectivity index (χ3n) is 6.11. The lowest BCUT2D eigenvalue weighted by Crippen LogP contribution is -2.57. The largest absolute Gasteiger partial charge is 0.128 e. The van der Waals surface area contributed by atoms with Crippen LogP contribution in [0.5, 0.6) is 0 Å². The van der Waals surface area contributed by atoms with Gasteiger partial charge >= 0.3 is 0 Å². The fourth-order valence-corrected chi connectivity index (χ4v) is 12.6. The minimum atomic E-state index is -1.05. The molecule has 4 aromatic carbocycles. The second kappa shape index (κ2) is 10.5. The summed E-state index contributed by atoms with van der Waals surface area (Å²) < 4.78 is 0. The van der Waals surface area contributed by atoms with Gasteiger partial charge in [0, 0.05) is 0 Å². The Kier molecular flexibility index (Phi) is 7.65. The van der Waals surface area contributed by atoms with Gasteiger partial charge in [-0.1, -0.05) is 130 Å². The number of benzene rings is 4. The molecule has 0 aliphatic rings. The first-order chi connectivity index (χ1) is 15.9. The van der Waals surface area contributed by atoms with Crippen LogP contribution in [0.15, 0.2) is 109 Å². The lowest BCUT2D eigenvalue weighted by molar-refractivity contribution is 0.750. The highest BCUT2D eigenvalue weighted by Crippen LogP contribution is 2.33. The molecule has 2 atom stereocenters. The molecule has 1 radical (unpaired) electrons. The first-order valence-electron chi connectivity index (χ1n) is 11.5. The zero-order valence-electron chi connectivity index (χ0n) is 20.3. The summed E-state index contributed by atoms with van der Waals surface area (Å²) in [5.41, 5.74) is 0. The van der Waals surface area contributed by atoms with Gasteiger partial charge in [-0.2, -0.15) is 0 Å². The molecular weight excluding hydrogens is 450 g/mol. The molecule has 0 amide bonds. The van der Waals surface area contributed by atoms with Crippen molar-refractivity contribution in [3.63, 3.8) is 0 Å². The van der Waals surface area contributed by atoms with Gasteiger partial charge in [0.2, 0.25) is 0 Å². The summed E-state index contributed by atoms with van der Waals surface area (Å²) in [4.78, 5) is 0. The van der Waals surface area contributed by atoms with Crippen LogP contribution < -0.4 is 31.6 Å². The van der Waals surface area contributed by atoms with Crippen LogP contribution in [0.2, 0.25) is 5.04 Å². The quantitative estimate of drug-likeness (QED) is 0.261. The Labute approximate surface area is 204 Å². The predicted octanol–water partition coefficient (Wildman–Crippen LogP) is 5.22. The van der Waals surface area contributed by atoms with E-state index in [0.717, 1.165) is 0 Å². The topological polar surface area (TPSA) is 0 Å². The molecule has 0 aliphatic carbocycles. The first kappa shape index (κ1) is 24.1. The average Bonchev–Trinajstić information content (AvgIpc) is 2.84. The fourth-order valence-electron chi connectivity index (χ4n) is 4.49. The maximum atomic E-state index is 2.44. The molecule has 0 saturated heterocycles. The molecule has 0 N–H and O–H groups in total. The highest BCUT2D eigenvalue weighted by atomic mass is 31.1. The van der Waals surface area contributed by atoms with Gasteiger partial charge in [0.15, 0.2) is 0 Å². The van der Waals surface area contributed by atoms with Crippen molar-refractivity contribution >= 4 is 56.2 Å². The van der Waals surface area contributed by atoms with Gasteiger partial charge in [-0.05, 0) is 65.8 Å². The van der Waals surface area contributed by atoms with Gasteiger partial charge in [-0.25, -0.2) is 0 Å². The van der Waals surface area contributed by atoms with Crippen LogP contribution in [-0.4, -0.2) is 22.1 Å². The van der Waals surface area contributed by atoms with Crippen molar-refractivity contribution in [2.45, 2.75) is 25.8 Å². The Morgan fingerprint density at radius 2 is 0.818 bits per heavy atom. The standard InChI is InChI=1S/C30H33P2Si/c1-30(2,3)33(28-22-14-12-20-26(28)31(4)24-16-8-6-9-17-24)29-23-15-13-21-27(29)32(5)25-18-10-7-11-19-25/h6-23H,1-5H3. The Hall–Kier alpha value is -2.04. The van der Waals surface area contributed by atoms with Crippen LogP contribution in [-0.2, 0) is 0 Å². The molecule has 0 heterocycles. The van der Waals surface area contributed by atoms with Crippen LogP contribution in [0.25, 0.3) is 0 Å². The van der Waals surface area contributed by atoms with Gasteiger partial charge in [0.25, 0.3) is 0 Å². The summed E-state index contributed by atoms with van der Waals surface area (Å²) in [6, 6.07) is 40.7. The fraction of sp³-hybridized carbons (Fsp3) is 0.200. The normalized spacial score (nSPS) is 13.6. The molecule has 0 nitrogen and oxygen atoms in total. The molecule has 0 spiro atoms. The molecule has 0 bridgehead atoms. The summed E-state index contributed by atoms with van der Waals surface area (Å²) in [6.07, 6.45) is 0. The van der Waals surface area contributed by atoms with E-state index >= 15 is 0 Å². The first-order valence-corrected chi connectivity index (χ1v) is 16.6. The van der Waals surface area contributed by atoms with Crippen molar-refractivity contribution < 1.29 is 0 Å². The van der Waals surface area contributed by atoms with Crippen molar-refractivity contribution in [2.75, 3.05) is 13.3 Å². The van der Waals surface area contributed by atoms with Crippen molar-refractivity contribution in [1.82, 2.24) is 0 Å². The van der Waals surface area contributed by atoms with E-state index in [4.69, 9.17) is 0 Å². The van der Waals surface area contributed by atoms with E-state index in [1.54, 1.807) is 10.4 Å². The average molecular weight is 484 g/mol. The second-order valence-corrected chi connectivity index (χ2v) is 17.0. The zero-order valence-corrected chi connectivity index (χ0v) is 23.1. The molecule has 2 unspecified atom stereocenters. The summed E-state index contributed by atoms with van der Waals surface area (Å²) in [6.45, 7) is 12.2. The van der Waals surface area contributed by atoms with Crippen LogP contribution in [0.4, 0.5) is 0 Å². The van der Waals surface area contributed by atoms with Gasteiger partial charge < -0.3 is 0 Å². The number of hydrogen-bond acceptors (Lipinski definition) is 0. The van der Waals surface area contributed by atoms with E-state index < -0.39 is 24.6 Å². The number of hydrogen-bond donors (Lipinski definition) is 0. The van der Waals surface area contributed by atoms with E-state index in [1.807, 2.05) is 0 Å². The van der Waals surface area contributed by atoms with Crippen molar-refractivity contribution in [1.29, 1.82) is 0 Å². The third-order valence-corrected chi connectivity index (χ3v) is 14.3. The van der Waals surface area contributed by atoms with Crippen LogP contribution in [0.1, 0.15) is 20.8 Å². The highest BCUT2D eigenvalue weighted by Gasteiger charge is 2.35. The number of rotatable bonds is 6. The minimum Gasteiger partial charge on any atom is -0.0623 e. The Bertz CT molecular complexity index is 1090. The summed E-state index contributed by atoms with van der Waals surface area (Å²) in [5.74, 6) is 0. The third kappa shape index (κ3) is 5.38. The molecule has 0 saturated carbocycles. The molecule has 3 heteroatoms. The van der Waals surface area contributed by atoms with E-state index in [9.17, 15) is 0 Å². The highest BCUT2D eigenvalue weighted by molar-refractivity contribution is 7.73. The zero-order chi connectivity index (χ0) is 23.4. The van der Waals surface area contributed by atoms with E-state index in [1.165, 1.54) is 21.2 Å². The monoisotopic (exact) mass is 483 g/mol. The molecule has 0 aromatic heterocycles. The van der Waals surface area contributed by atoms with E-state index in [0.29, 0.717) is 0 Å².